The minimum absolute atomic E-state index is 0.00333. The molecule has 2 heterocycles. The number of nitrogens with one attached hydrogen (secondary N) is 1. The SMILES string of the molecule is CC(C(N)=O)N(C)c1nc(N=C2CNc3ccccc3C2)c(C(N)=O)cc1F. The molecular formula is C19H21FN6O2. The number of para-hydroxylation sites is 1. The Bertz CT molecular complexity index is 975. The number of amides is 2. The summed E-state index contributed by atoms with van der Waals surface area (Å²) in [5, 5.41) is 3.24. The monoisotopic (exact) mass is 384 g/mol. The summed E-state index contributed by atoms with van der Waals surface area (Å²) in [6.45, 7) is 1.98. The number of carbonyl (C=O) groups excluding carboxylic acids is 2. The van der Waals surface area contributed by atoms with E-state index in [1.165, 1.54) is 18.9 Å². The van der Waals surface area contributed by atoms with Crippen LogP contribution in [0, 0.1) is 5.82 Å². The van der Waals surface area contributed by atoms with Crippen molar-refractivity contribution >= 4 is 34.8 Å². The number of rotatable bonds is 5. The van der Waals surface area contributed by atoms with Gasteiger partial charge in [-0.1, -0.05) is 18.2 Å². The van der Waals surface area contributed by atoms with Crippen molar-refractivity contribution in [2.45, 2.75) is 19.4 Å². The molecule has 5 N–H and O–H groups in total. The minimum Gasteiger partial charge on any atom is -0.379 e. The van der Waals surface area contributed by atoms with Crippen LogP contribution < -0.4 is 21.7 Å². The summed E-state index contributed by atoms with van der Waals surface area (Å²) in [5.41, 5.74) is 13.3. The third-order valence-electron chi connectivity index (χ3n) is 4.69. The Hall–Kier alpha value is -3.49. The highest BCUT2D eigenvalue weighted by Gasteiger charge is 2.24. The maximum absolute atomic E-state index is 14.5. The number of aromatic nitrogens is 1. The second kappa shape index (κ2) is 7.63. The molecule has 0 fully saturated rings. The molecule has 3 rings (SSSR count). The first kappa shape index (κ1) is 19.3. The van der Waals surface area contributed by atoms with Gasteiger partial charge in [-0.25, -0.2) is 14.4 Å². The normalized spacial score (nSPS) is 15.5. The Kier molecular flexibility index (Phi) is 5.25. The van der Waals surface area contributed by atoms with E-state index in [0.717, 1.165) is 23.0 Å². The third-order valence-corrected chi connectivity index (χ3v) is 4.69. The number of pyridine rings is 1. The van der Waals surface area contributed by atoms with E-state index < -0.39 is 23.7 Å². The Morgan fingerprint density at radius 1 is 1.32 bits per heavy atom. The second-order valence-corrected chi connectivity index (χ2v) is 6.58. The van der Waals surface area contributed by atoms with Crippen LogP contribution in [-0.4, -0.2) is 42.1 Å². The van der Waals surface area contributed by atoms with Gasteiger partial charge in [0, 0.05) is 24.9 Å². The number of likely N-dealkylation sites (N-methyl/N-ethyl adjacent to an activating group) is 1. The van der Waals surface area contributed by atoms with Gasteiger partial charge in [0.15, 0.2) is 17.5 Å². The summed E-state index contributed by atoms with van der Waals surface area (Å²) in [6, 6.07) is 7.98. The van der Waals surface area contributed by atoms with Crippen molar-refractivity contribution in [3.05, 3.63) is 47.3 Å². The molecule has 28 heavy (non-hydrogen) atoms. The van der Waals surface area contributed by atoms with Crippen molar-refractivity contribution in [2.24, 2.45) is 16.5 Å². The molecule has 0 aliphatic carbocycles. The predicted octanol–water partition coefficient (Wildman–Crippen LogP) is 1.37. The average Bonchev–Trinajstić information content (AvgIpc) is 2.67. The van der Waals surface area contributed by atoms with Crippen LogP contribution in [0.3, 0.4) is 0 Å². The number of hydrogen-bond acceptors (Lipinski definition) is 6. The zero-order valence-corrected chi connectivity index (χ0v) is 15.6. The van der Waals surface area contributed by atoms with Crippen LogP contribution in [-0.2, 0) is 11.2 Å². The van der Waals surface area contributed by atoms with E-state index in [-0.39, 0.29) is 17.2 Å². The standard InChI is InChI=1S/C19H21FN6O2/c1-10(16(21)27)26(2)19-14(20)8-13(17(22)28)18(25-19)24-12-7-11-5-3-4-6-15(11)23-9-12/h3-6,8,10,23H,7,9H2,1-2H3,(H2,21,27)(H2,22,28). The molecule has 9 heteroatoms. The maximum atomic E-state index is 14.5. The topological polar surface area (TPSA) is 127 Å². The fraction of sp³-hybridized carbons (Fsp3) is 0.263. The zero-order chi connectivity index (χ0) is 20.4. The smallest absolute Gasteiger partial charge is 0.252 e. The van der Waals surface area contributed by atoms with Gasteiger partial charge in [0.25, 0.3) is 5.91 Å². The van der Waals surface area contributed by atoms with Gasteiger partial charge < -0.3 is 21.7 Å². The molecule has 8 nitrogen and oxygen atoms in total. The molecule has 146 valence electrons. The van der Waals surface area contributed by atoms with Gasteiger partial charge in [-0.3, -0.25) is 9.59 Å². The highest BCUT2D eigenvalue weighted by molar-refractivity contribution is 6.01. The first-order chi connectivity index (χ1) is 13.3. The fourth-order valence-electron chi connectivity index (χ4n) is 2.91. The summed E-state index contributed by atoms with van der Waals surface area (Å²) < 4.78 is 14.5. The van der Waals surface area contributed by atoms with E-state index in [1.54, 1.807) is 0 Å². The van der Waals surface area contributed by atoms with Crippen molar-refractivity contribution in [1.82, 2.24) is 4.98 Å². The van der Waals surface area contributed by atoms with Crippen molar-refractivity contribution in [3.8, 4) is 0 Å². The molecular weight excluding hydrogens is 363 g/mol. The van der Waals surface area contributed by atoms with Crippen LogP contribution in [0.25, 0.3) is 0 Å². The number of fused-ring (bicyclic) bond motifs is 1. The summed E-state index contributed by atoms with van der Waals surface area (Å²) >= 11 is 0. The molecule has 0 bridgehead atoms. The van der Waals surface area contributed by atoms with Crippen molar-refractivity contribution in [1.29, 1.82) is 0 Å². The molecule has 1 aromatic carbocycles. The molecule has 2 aromatic rings. The molecule has 0 radical (unpaired) electrons. The minimum atomic E-state index is -0.841. The quantitative estimate of drug-likeness (QED) is 0.718. The highest BCUT2D eigenvalue weighted by Crippen LogP contribution is 2.27. The number of nitrogens with two attached hydrogens (primary N) is 2. The average molecular weight is 384 g/mol. The lowest BCUT2D eigenvalue weighted by molar-refractivity contribution is -0.118. The number of halogens is 1. The first-order valence-electron chi connectivity index (χ1n) is 8.68. The van der Waals surface area contributed by atoms with Gasteiger partial charge >= 0.3 is 0 Å². The lowest BCUT2D eigenvalue weighted by Crippen LogP contribution is -2.41. The summed E-state index contributed by atoms with van der Waals surface area (Å²) in [7, 11) is 1.49. The van der Waals surface area contributed by atoms with E-state index in [0.29, 0.717) is 13.0 Å². The van der Waals surface area contributed by atoms with Gasteiger partial charge in [-0.2, -0.15) is 0 Å². The highest BCUT2D eigenvalue weighted by atomic mass is 19.1. The third kappa shape index (κ3) is 3.78. The number of nitrogens with zero attached hydrogens (tertiary/aromatic N) is 3. The number of carbonyl (C=O) groups is 2. The number of hydrogen-bond donors (Lipinski definition) is 3. The number of aliphatic imine (C=N–C) groups is 1. The largest absolute Gasteiger partial charge is 0.379 e. The van der Waals surface area contributed by atoms with Gasteiger partial charge in [-0.15, -0.1) is 0 Å². The molecule has 0 saturated heterocycles. The molecule has 2 amide bonds. The van der Waals surface area contributed by atoms with Gasteiger partial charge in [0.2, 0.25) is 5.91 Å². The lowest BCUT2D eigenvalue weighted by Gasteiger charge is -2.24. The second-order valence-electron chi connectivity index (χ2n) is 6.58. The van der Waals surface area contributed by atoms with E-state index in [9.17, 15) is 14.0 Å². The molecule has 1 atom stereocenters. The van der Waals surface area contributed by atoms with Crippen molar-refractivity contribution < 1.29 is 14.0 Å². The Morgan fingerprint density at radius 2 is 2.04 bits per heavy atom. The Balaban J connectivity index is 2.03. The van der Waals surface area contributed by atoms with Gasteiger partial charge in [0.05, 0.1) is 12.1 Å². The van der Waals surface area contributed by atoms with E-state index in [1.807, 2.05) is 24.3 Å². The number of primary amides is 2. The summed E-state index contributed by atoms with van der Waals surface area (Å²) in [6.07, 6.45) is 0.559. The van der Waals surface area contributed by atoms with E-state index in [4.69, 9.17) is 11.5 Å². The summed E-state index contributed by atoms with van der Waals surface area (Å²) in [4.78, 5) is 33.1. The molecule has 1 aliphatic heterocycles. The Labute approximate surface area is 161 Å². The van der Waals surface area contributed by atoms with Crippen molar-refractivity contribution in [3.63, 3.8) is 0 Å². The molecule has 1 aliphatic rings. The molecule has 1 unspecified atom stereocenters. The van der Waals surface area contributed by atoms with Crippen LogP contribution >= 0.6 is 0 Å². The zero-order valence-electron chi connectivity index (χ0n) is 15.6. The van der Waals surface area contributed by atoms with E-state index in [2.05, 4.69) is 15.3 Å². The molecule has 1 aromatic heterocycles. The number of anilines is 2. The fourth-order valence-corrected chi connectivity index (χ4v) is 2.91. The van der Waals surface area contributed by atoms with Crippen LogP contribution in [0.5, 0.6) is 0 Å². The molecule has 0 saturated carbocycles. The Morgan fingerprint density at radius 3 is 2.71 bits per heavy atom. The van der Waals surface area contributed by atoms with Gasteiger partial charge in [0.1, 0.15) is 6.04 Å². The first-order valence-corrected chi connectivity index (χ1v) is 8.68. The maximum Gasteiger partial charge on any atom is 0.252 e. The van der Waals surface area contributed by atoms with Crippen LogP contribution in [0.15, 0.2) is 35.3 Å². The van der Waals surface area contributed by atoms with E-state index >= 15 is 0 Å². The van der Waals surface area contributed by atoms with Crippen LogP contribution in [0.1, 0.15) is 22.8 Å². The van der Waals surface area contributed by atoms with Gasteiger partial charge in [-0.05, 0) is 24.6 Å². The molecule has 0 spiro atoms. The van der Waals surface area contributed by atoms with Crippen LogP contribution in [0.4, 0.5) is 21.7 Å². The van der Waals surface area contributed by atoms with Crippen LogP contribution in [0.2, 0.25) is 0 Å². The van der Waals surface area contributed by atoms with Crippen molar-refractivity contribution in [2.75, 3.05) is 23.8 Å². The predicted molar refractivity (Wildman–Crippen MR) is 106 cm³/mol. The summed E-state index contributed by atoms with van der Waals surface area (Å²) in [5.74, 6) is -2.40. The lowest BCUT2D eigenvalue weighted by atomic mass is 10.0. The number of benzene rings is 1.